The fourth-order valence-corrected chi connectivity index (χ4v) is 3.75. The highest BCUT2D eigenvalue weighted by atomic mass is 32.2. The van der Waals surface area contributed by atoms with Crippen LogP contribution in [-0.4, -0.2) is 29.4 Å². The first kappa shape index (κ1) is 17.7. The molecule has 0 aliphatic heterocycles. The monoisotopic (exact) mass is 335 g/mol. The van der Waals surface area contributed by atoms with E-state index in [2.05, 4.69) is 43.1 Å². The van der Waals surface area contributed by atoms with Crippen molar-refractivity contribution in [2.75, 3.05) is 6.26 Å². The summed E-state index contributed by atoms with van der Waals surface area (Å²) in [5.41, 5.74) is 4.49. The second kappa shape index (κ2) is 6.07. The largest absolute Gasteiger partial charge is 0.295 e. The fourth-order valence-electron chi connectivity index (χ4n) is 2.91. The number of hydrogen-bond donors (Lipinski definition) is 0. The molecule has 0 bridgehead atoms. The van der Waals surface area contributed by atoms with Crippen molar-refractivity contribution in [1.82, 2.24) is 14.8 Å². The Balaban J connectivity index is 2.78. The molecular formula is C17H25N3O2S. The van der Waals surface area contributed by atoms with Crippen molar-refractivity contribution in [1.29, 1.82) is 0 Å². The molecule has 0 aliphatic carbocycles. The first-order valence-corrected chi connectivity index (χ1v) is 9.69. The molecule has 0 fully saturated rings. The maximum absolute atomic E-state index is 12.0. The van der Waals surface area contributed by atoms with Crippen LogP contribution >= 0.6 is 0 Å². The number of rotatable bonds is 4. The van der Waals surface area contributed by atoms with Gasteiger partial charge in [-0.15, -0.1) is 10.2 Å². The lowest BCUT2D eigenvalue weighted by atomic mass is 9.92. The molecule has 6 heteroatoms. The topological polar surface area (TPSA) is 64.8 Å². The molecule has 0 N–H and O–H groups in total. The fraction of sp³-hybridized carbons (Fsp3) is 0.529. The average Bonchev–Trinajstić information content (AvgIpc) is 2.82. The Morgan fingerprint density at radius 2 is 1.61 bits per heavy atom. The van der Waals surface area contributed by atoms with Crippen LogP contribution in [0.4, 0.5) is 0 Å². The van der Waals surface area contributed by atoms with Crippen LogP contribution in [0.3, 0.4) is 0 Å². The van der Waals surface area contributed by atoms with Crippen LogP contribution < -0.4 is 0 Å². The lowest BCUT2D eigenvalue weighted by molar-refractivity contribution is 0.526. The maximum Gasteiger partial charge on any atom is 0.249 e. The third-order valence-corrected chi connectivity index (χ3v) is 4.93. The van der Waals surface area contributed by atoms with Gasteiger partial charge in [0.2, 0.25) is 15.0 Å². The Morgan fingerprint density at radius 3 is 2.09 bits per heavy atom. The summed E-state index contributed by atoms with van der Waals surface area (Å²) in [6.07, 6.45) is 1.17. The Kier molecular flexibility index (Phi) is 4.66. The van der Waals surface area contributed by atoms with Crippen LogP contribution in [0.1, 0.15) is 56.3 Å². The molecule has 0 atom stereocenters. The van der Waals surface area contributed by atoms with Gasteiger partial charge in [-0.1, -0.05) is 19.9 Å². The first-order valence-electron chi connectivity index (χ1n) is 7.80. The van der Waals surface area contributed by atoms with E-state index >= 15 is 0 Å². The predicted octanol–water partition coefficient (Wildman–Crippen LogP) is 3.67. The molecule has 0 spiro atoms. The van der Waals surface area contributed by atoms with Crippen LogP contribution in [-0.2, 0) is 9.84 Å². The quantitative estimate of drug-likeness (QED) is 0.855. The minimum atomic E-state index is -3.42. The van der Waals surface area contributed by atoms with Gasteiger partial charge in [-0.05, 0) is 56.4 Å². The molecular weight excluding hydrogens is 310 g/mol. The van der Waals surface area contributed by atoms with Gasteiger partial charge in [-0.3, -0.25) is 4.57 Å². The summed E-state index contributed by atoms with van der Waals surface area (Å²) in [5.74, 6) is 0.999. The van der Waals surface area contributed by atoms with Crippen molar-refractivity contribution in [3.63, 3.8) is 0 Å². The molecule has 23 heavy (non-hydrogen) atoms. The molecule has 2 rings (SSSR count). The molecule has 126 valence electrons. The van der Waals surface area contributed by atoms with Gasteiger partial charge in [0.25, 0.3) is 0 Å². The molecule has 5 nitrogen and oxygen atoms in total. The van der Waals surface area contributed by atoms with E-state index in [1.165, 1.54) is 17.4 Å². The number of sulfone groups is 1. The summed E-state index contributed by atoms with van der Waals surface area (Å²) in [6, 6.07) is 4.20. The Hall–Kier alpha value is -1.69. The zero-order chi connectivity index (χ0) is 17.5. The summed E-state index contributed by atoms with van der Waals surface area (Å²) in [4.78, 5) is 0. The number of nitrogens with zero attached hydrogens (tertiary/aromatic N) is 3. The van der Waals surface area contributed by atoms with E-state index in [4.69, 9.17) is 0 Å². The summed E-state index contributed by atoms with van der Waals surface area (Å²) >= 11 is 0. The SMILES string of the molecule is Cc1cc(C)c(C(C)C)cc1-c1nnc(S(C)(=O)=O)n1C(C)C. The van der Waals surface area contributed by atoms with E-state index in [0.717, 1.165) is 11.1 Å². The minimum absolute atomic E-state index is 0.0218. The van der Waals surface area contributed by atoms with Crippen molar-refractivity contribution in [2.45, 2.75) is 58.7 Å². The van der Waals surface area contributed by atoms with Gasteiger partial charge < -0.3 is 0 Å². The lowest BCUT2D eigenvalue weighted by Gasteiger charge is -2.17. The van der Waals surface area contributed by atoms with E-state index in [9.17, 15) is 8.42 Å². The molecule has 2 aromatic rings. The van der Waals surface area contributed by atoms with Crippen molar-refractivity contribution in [3.8, 4) is 11.4 Å². The van der Waals surface area contributed by atoms with Crippen molar-refractivity contribution < 1.29 is 8.42 Å². The highest BCUT2D eigenvalue weighted by Crippen LogP contribution is 2.31. The smallest absolute Gasteiger partial charge is 0.249 e. The highest BCUT2D eigenvalue weighted by molar-refractivity contribution is 7.90. The second-order valence-electron chi connectivity index (χ2n) is 6.72. The predicted molar refractivity (Wildman–Crippen MR) is 92.5 cm³/mol. The van der Waals surface area contributed by atoms with E-state index in [1.54, 1.807) is 4.57 Å². The van der Waals surface area contributed by atoms with Crippen LogP contribution in [0, 0.1) is 13.8 Å². The summed E-state index contributed by atoms with van der Waals surface area (Å²) in [6.45, 7) is 12.3. The lowest BCUT2D eigenvalue weighted by Crippen LogP contribution is -2.13. The highest BCUT2D eigenvalue weighted by Gasteiger charge is 2.24. The Labute approximate surface area is 138 Å². The molecule has 0 saturated carbocycles. The minimum Gasteiger partial charge on any atom is -0.295 e. The maximum atomic E-state index is 12.0. The summed E-state index contributed by atoms with van der Waals surface area (Å²) in [5, 5.41) is 8.17. The van der Waals surface area contributed by atoms with Gasteiger partial charge in [0.1, 0.15) is 0 Å². The van der Waals surface area contributed by atoms with Crippen molar-refractivity contribution in [2.24, 2.45) is 0 Å². The zero-order valence-corrected chi connectivity index (χ0v) is 15.7. The van der Waals surface area contributed by atoms with Gasteiger partial charge in [-0.25, -0.2) is 8.42 Å². The molecule has 0 aliphatic rings. The normalized spacial score (nSPS) is 12.4. The molecule has 1 heterocycles. The van der Waals surface area contributed by atoms with Gasteiger partial charge >= 0.3 is 0 Å². The Morgan fingerprint density at radius 1 is 1.00 bits per heavy atom. The Bertz CT molecular complexity index is 834. The van der Waals surface area contributed by atoms with E-state index < -0.39 is 9.84 Å². The number of benzene rings is 1. The van der Waals surface area contributed by atoms with Gasteiger partial charge in [0, 0.05) is 17.9 Å². The number of hydrogen-bond acceptors (Lipinski definition) is 4. The van der Waals surface area contributed by atoms with Crippen LogP contribution in [0.5, 0.6) is 0 Å². The van der Waals surface area contributed by atoms with Crippen LogP contribution in [0.2, 0.25) is 0 Å². The summed E-state index contributed by atoms with van der Waals surface area (Å²) in [7, 11) is -3.42. The van der Waals surface area contributed by atoms with Crippen molar-refractivity contribution in [3.05, 3.63) is 28.8 Å². The standard InChI is InChI=1S/C17H25N3O2S/c1-10(2)14-9-15(13(6)8-12(14)5)16-18-19-17(23(7,21)22)20(16)11(3)4/h8-11H,1-7H3. The van der Waals surface area contributed by atoms with Crippen LogP contribution in [0.25, 0.3) is 11.4 Å². The zero-order valence-electron chi connectivity index (χ0n) is 14.9. The second-order valence-corrected chi connectivity index (χ2v) is 8.63. The summed E-state index contributed by atoms with van der Waals surface area (Å²) < 4.78 is 25.7. The van der Waals surface area contributed by atoms with Crippen molar-refractivity contribution >= 4 is 9.84 Å². The van der Waals surface area contributed by atoms with Gasteiger partial charge in [0.15, 0.2) is 5.82 Å². The third-order valence-electron chi connectivity index (χ3n) is 3.99. The van der Waals surface area contributed by atoms with Gasteiger partial charge in [-0.2, -0.15) is 0 Å². The molecule has 0 unspecified atom stereocenters. The van der Waals surface area contributed by atoms with Gasteiger partial charge in [0.05, 0.1) is 0 Å². The van der Waals surface area contributed by atoms with E-state index in [-0.39, 0.29) is 11.2 Å². The molecule has 0 amide bonds. The van der Waals surface area contributed by atoms with E-state index in [1.807, 2.05) is 20.8 Å². The number of aryl methyl sites for hydroxylation is 2. The average molecular weight is 335 g/mol. The third kappa shape index (κ3) is 3.32. The number of aromatic nitrogens is 3. The molecule has 1 aromatic carbocycles. The molecule has 0 radical (unpaired) electrons. The van der Waals surface area contributed by atoms with Crippen LogP contribution in [0.15, 0.2) is 17.3 Å². The molecule has 1 aromatic heterocycles. The molecule has 0 saturated heterocycles. The van der Waals surface area contributed by atoms with E-state index in [0.29, 0.717) is 11.7 Å². The first-order chi connectivity index (χ1) is 10.5.